The number of nitrogens with zero attached hydrogens (tertiary/aromatic N) is 1. The lowest BCUT2D eigenvalue weighted by atomic mass is 10.1. The van der Waals surface area contributed by atoms with Crippen molar-refractivity contribution in [3.05, 3.63) is 112 Å². The molecule has 4 rings (SSSR count). The minimum absolute atomic E-state index is 0.359. The predicted octanol–water partition coefficient (Wildman–Crippen LogP) is 6.64. The number of amides is 1. The van der Waals surface area contributed by atoms with Gasteiger partial charge in [0.2, 0.25) is 0 Å². The van der Waals surface area contributed by atoms with Gasteiger partial charge in [-0.3, -0.25) is 9.59 Å². The molecule has 3 aromatic carbocycles. The van der Waals surface area contributed by atoms with E-state index >= 15 is 0 Å². The molecule has 1 aromatic heterocycles. The Labute approximate surface area is 196 Å². The van der Waals surface area contributed by atoms with Gasteiger partial charge in [-0.15, -0.1) is 0 Å². The molecule has 4 nitrogen and oxygen atoms in total. The van der Waals surface area contributed by atoms with Gasteiger partial charge >= 0.3 is 0 Å². The van der Waals surface area contributed by atoms with E-state index in [4.69, 9.17) is 23.2 Å². The molecule has 1 heterocycles. The van der Waals surface area contributed by atoms with Crippen molar-refractivity contribution < 1.29 is 9.59 Å². The van der Waals surface area contributed by atoms with Crippen LogP contribution in [0.3, 0.4) is 0 Å². The number of hydrogen-bond acceptors (Lipinski definition) is 2. The first kappa shape index (κ1) is 21.9. The van der Waals surface area contributed by atoms with Crippen LogP contribution >= 0.6 is 23.2 Å². The third kappa shape index (κ3) is 4.77. The molecule has 0 radical (unpaired) electrons. The summed E-state index contributed by atoms with van der Waals surface area (Å²) in [6.45, 7) is 2.39. The van der Waals surface area contributed by atoms with Crippen LogP contribution in [0.2, 0.25) is 10.0 Å². The Hall–Kier alpha value is -3.34. The van der Waals surface area contributed by atoms with Crippen molar-refractivity contribution >= 4 is 40.6 Å². The fraction of sp³-hybridized carbons (Fsp3) is 0.0769. The van der Waals surface area contributed by atoms with E-state index in [-0.39, 0.29) is 0 Å². The van der Waals surface area contributed by atoms with Crippen molar-refractivity contribution in [2.24, 2.45) is 0 Å². The number of carbonyl (C=O) groups is 2. The number of ketones is 1. The Morgan fingerprint density at radius 1 is 0.844 bits per heavy atom. The Kier molecular flexibility index (Phi) is 6.45. The van der Waals surface area contributed by atoms with Gasteiger partial charge in [0.05, 0.1) is 0 Å². The Bertz CT molecular complexity index is 1280. The zero-order valence-corrected chi connectivity index (χ0v) is 18.8. The summed E-state index contributed by atoms with van der Waals surface area (Å²) < 4.78 is 2.04. The molecule has 1 amide bonds. The Balaban J connectivity index is 1.70. The van der Waals surface area contributed by atoms with Gasteiger partial charge in [-0.1, -0.05) is 71.7 Å². The van der Waals surface area contributed by atoms with Gasteiger partial charge < -0.3 is 9.88 Å². The molecule has 0 atom stereocenters. The number of aromatic nitrogens is 1. The lowest BCUT2D eigenvalue weighted by Crippen LogP contribution is -2.23. The number of Topliss-reactive ketones (excluding diaryl/α,β-unsaturated/α-hetero) is 1. The molecule has 4 aromatic rings. The van der Waals surface area contributed by atoms with Gasteiger partial charge in [0.25, 0.3) is 11.7 Å². The number of anilines is 1. The lowest BCUT2D eigenvalue weighted by molar-refractivity contribution is -0.112. The van der Waals surface area contributed by atoms with Crippen LogP contribution in [-0.4, -0.2) is 16.3 Å². The van der Waals surface area contributed by atoms with Gasteiger partial charge in [-0.05, 0) is 54.4 Å². The maximum Gasteiger partial charge on any atom is 0.296 e. The first-order valence-corrected chi connectivity index (χ1v) is 10.8. The molecule has 160 valence electrons. The molecule has 1 N–H and O–H groups in total. The fourth-order valence-corrected chi connectivity index (χ4v) is 3.89. The highest BCUT2D eigenvalue weighted by molar-refractivity contribution is 6.47. The van der Waals surface area contributed by atoms with E-state index in [1.807, 2.05) is 66.1 Å². The van der Waals surface area contributed by atoms with Crippen molar-refractivity contribution in [3.8, 4) is 11.3 Å². The molecule has 0 saturated carbocycles. The first-order valence-electron chi connectivity index (χ1n) is 10.0. The van der Waals surface area contributed by atoms with Crippen LogP contribution in [0, 0.1) is 6.92 Å². The summed E-state index contributed by atoms with van der Waals surface area (Å²) in [6.07, 6.45) is 0. The normalized spacial score (nSPS) is 10.7. The smallest absolute Gasteiger partial charge is 0.296 e. The van der Waals surface area contributed by atoms with Gasteiger partial charge in [-0.25, -0.2) is 0 Å². The summed E-state index contributed by atoms with van der Waals surface area (Å²) in [4.78, 5) is 25.8. The van der Waals surface area contributed by atoms with Crippen LogP contribution < -0.4 is 5.32 Å². The van der Waals surface area contributed by atoms with Crippen LogP contribution in [0.25, 0.3) is 11.3 Å². The number of benzene rings is 3. The highest BCUT2D eigenvalue weighted by Crippen LogP contribution is 2.28. The number of hydrogen-bond donors (Lipinski definition) is 1. The van der Waals surface area contributed by atoms with E-state index in [2.05, 4.69) is 5.32 Å². The Morgan fingerprint density at radius 2 is 1.56 bits per heavy atom. The number of rotatable bonds is 6. The van der Waals surface area contributed by atoms with Gasteiger partial charge in [0.1, 0.15) is 0 Å². The summed E-state index contributed by atoms with van der Waals surface area (Å²) in [5.74, 6) is -1.31. The lowest BCUT2D eigenvalue weighted by Gasteiger charge is -2.13. The molecule has 0 unspecified atom stereocenters. The van der Waals surface area contributed by atoms with Crippen molar-refractivity contribution in [1.82, 2.24) is 4.57 Å². The highest BCUT2D eigenvalue weighted by Gasteiger charge is 2.24. The monoisotopic (exact) mass is 462 g/mol. The fourth-order valence-electron chi connectivity index (χ4n) is 3.58. The second kappa shape index (κ2) is 9.43. The van der Waals surface area contributed by atoms with Crippen LogP contribution in [0.1, 0.15) is 21.6 Å². The molecule has 0 aliphatic heterocycles. The minimum Gasteiger partial charge on any atom is -0.340 e. The molecule has 6 heteroatoms. The molecule has 0 spiro atoms. The third-order valence-electron chi connectivity index (χ3n) is 5.22. The minimum atomic E-state index is -0.710. The number of carbonyl (C=O) groups excluding carboxylic acids is 2. The average Bonchev–Trinajstić information content (AvgIpc) is 3.11. The summed E-state index contributed by atoms with van der Waals surface area (Å²) in [6, 6.07) is 25.8. The van der Waals surface area contributed by atoms with Crippen LogP contribution in [-0.2, 0) is 11.3 Å². The molecule has 0 saturated heterocycles. The first-order chi connectivity index (χ1) is 15.4. The van der Waals surface area contributed by atoms with E-state index in [0.29, 0.717) is 33.5 Å². The standard InChI is InChI=1S/C26H20Cl2N2O2/c1-17-23(25(31)26(32)29-22-9-5-8-21(28)14-22)15-24(19-6-3-2-4-7-19)30(17)16-18-10-12-20(27)13-11-18/h2-15H,16H2,1H3,(H,29,32). The van der Waals surface area contributed by atoms with Crippen LogP contribution in [0.15, 0.2) is 84.9 Å². The number of halogens is 2. The zero-order valence-electron chi connectivity index (χ0n) is 17.3. The second-order valence-electron chi connectivity index (χ2n) is 7.40. The second-order valence-corrected chi connectivity index (χ2v) is 8.27. The molecule has 0 aliphatic carbocycles. The molecule has 0 fully saturated rings. The number of nitrogens with one attached hydrogen (secondary N) is 1. The summed E-state index contributed by atoms with van der Waals surface area (Å²) in [5.41, 5.74) is 4.39. The average molecular weight is 463 g/mol. The van der Waals surface area contributed by atoms with E-state index in [0.717, 1.165) is 16.8 Å². The molecule has 0 aliphatic rings. The molecular weight excluding hydrogens is 443 g/mol. The van der Waals surface area contributed by atoms with E-state index in [1.54, 1.807) is 30.3 Å². The molecule has 0 bridgehead atoms. The third-order valence-corrected chi connectivity index (χ3v) is 5.71. The van der Waals surface area contributed by atoms with E-state index in [1.165, 1.54) is 0 Å². The quantitative estimate of drug-likeness (QED) is 0.257. The summed E-state index contributed by atoms with van der Waals surface area (Å²) in [5, 5.41) is 3.78. The van der Waals surface area contributed by atoms with Crippen molar-refractivity contribution in [2.45, 2.75) is 13.5 Å². The Morgan fingerprint density at radius 3 is 2.25 bits per heavy atom. The van der Waals surface area contributed by atoms with Gasteiger partial charge in [0.15, 0.2) is 0 Å². The summed E-state index contributed by atoms with van der Waals surface area (Å²) >= 11 is 12.0. The highest BCUT2D eigenvalue weighted by atomic mass is 35.5. The largest absolute Gasteiger partial charge is 0.340 e. The van der Waals surface area contributed by atoms with Crippen molar-refractivity contribution in [1.29, 1.82) is 0 Å². The SMILES string of the molecule is Cc1c(C(=O)C(=O)Nc2cccc(Cl)c2)cc(-c2ccccc2)n1Cc1ccc(Cl)cc1. The van der Waals surface area contributed by atoms with Crippen molar-refractivity contribution in [2.75, 3.05) is 5.32 Å². The van der Waals surface area contributed by atoms with Crippen molar-refractivity contribution in [3.63, 3.8) is 0 Å². The maximum atomic E-state index is 13.1. The maximum absolute atomic E-state index is 13.1. The summed E-state index contributed by atoms with van der Waals surface area (Å²) in [7, 11) is 0. The van der Waals surface area contributed by atoms with Crippen LogP contribution in [0.5, 0.6) is 0 Å². The molecule has 32 heavy (non-hydrogen) atoms. The van der Waals surface area contributed by atoms with Gasteiger partial charge in [-0.2, -0.15) is 0 Å². The zero-order chi connectivity index (χ0) is 22.7. The van der Waals surface area contributed by atoms with E-state index in [9.17, 15) is 9.59 Å². The molecular formula is C26H20Cl2N2O2. The van der Waals surface area contributed by atoms with E-state index < -0.39 is 11.7 Å². The topological polar surface area (TPSA) is 51.1 Å². The van der Waals surface area contributed by atoms with Gasteiger partial charge in [0, 0.05) is 39.2 Å². The predicted molar refractivity (Wildman–Crippen MR) is 130 cm³/mol. The van der Waals surface area contributed by atoms with Crippen LogP contribution in [0.4, 0.5) is 5.69 Å².